The number of amides is 2. The summed E-state index contributed by atoms with van der Waals surface area (Å²) < 4.78 is 28.0. The van der Waals surface area contributed by atoms with E-state index in [4.69, 9.17) is 4.74 Å². The fourth-order valence-electron chi connectivity index (χ4n) is 2.60. The number of benzene rings is 1. The largest absolute Gasteiger partial charge is 0.482 e. The number of hydrogen-bond donors (Lipinski definition) is 2. The predicted molar refractivity (Wildman–Crippen MR) is 79.7 cm³/mol. The van der Waals surface area contributed by atoms with Crippen LogP contribution in [-0.4, -0.2) is 44.9 Å². The van der Waals surface area contributed by atoms with Crippen LogP contribution in [0.2, 0.25) is 0 Å². The molecule has 22 heavy (non-hydrogen) atoms. The van der Waals surface area contributed by atoms with Gasteiger partial charge in [0.25, 0.3) is 11.8 Å². The summed E-state index contributed by atoms with van der Waals surface area (Å²) in [4.78, 5) is 23.4. The molecule has 8 heteroatoms. The Balaban J connectivity index is 1.63. The maximum Gasteiger partial charge on any atom is 0.262 e. The number of fused-ring (bicyclic) bond motifs is 1. The Morgan fingerprint density at radius 3 is 2.95 bits per heavy atom. The molecule has 0 saturated carbocycles. The molecule has 2 aliphatic rings. The lowest BCUT2D eigenvalue weighted by Crippen LogP contribution is -2.30. The first kappa shape index (κ1) is 14.8. The molecular weight excluding hydrogens is 308 g/mol. The molecule has 2 N–H and O–H groups in total. The highest BCUT2D eigenvalue weighted by molar-refractivity contribution is 7.91. The first-order valence-corrected chi connectivity index (χ1v) is 8.80. The number of anilines is 1. The Bertz CT molecular complexity index is 729. The Morgan fingerprint density at radius 1 is 1.41 bits per heavy atom. The van der Waals surface area contributed by atoms with Gasteiger partial charge in [-0.1, -0.05) is 0 Å². The third-order valence-corrected chi connectivity index (χ3v) is 5.59. The minimum atomic E-state index is -2.94. The third-order valence-electron chi connectivity index (χ3n) is 3.75. The van der Waals surface area contributed by atoms with Crippen LogP contribution in [-0.2, 0) is 14.6 Å². The van der Waals surface area contributed by atoms with Crippen molar-refractivity contribution in [3.63, 3.8) is 0 Å². The van der Waals surface area contributed by atoms with Crippen LogP contribution < -0.4 is 15.4 Å². The lowest BCUT2D eigenvalue weighted by atomic mass is 10.1. The van der Waals surface area contributed by atoms with Crippen LogP contribution in [0.4, 0.5) is 5.69 Å². The number of rotatable bonds is 3. The molecule has 0 spiro atoms. The van der Waals surface area contributed by atoms with E-state index in [2.05, 4.69) is 10.6 Å². The van der Waals surface area contributed by atoms with Crippen molar-refractivity contribution >= 4 is 27.3 Å². The molecule has 0 bridgehead atoms. The van der Waals surface area contributed by atoms with Crippen molar-refractivity contribution in [3.8, 4) is 5.75 Å². The maximum absolute atomic E-state index is 12.1. The molecule has 1 fully saturated rings. The Hall–Kier alpha value is -2.09. The average molecular weight is 324 g/mol. The summed E-state index contributed by atoms with van der Waals surface area (Å²) >= 11 is 0. The van der Waals surface area contributed by atoms with Crippen molar-refractivity contribution in [2.75, 3.05) is 30.0 Å². The van der Waals surface area contributed by atoms with Gasteiger partial charge in [0.05, 0.1) is 17.2 Å². The summed E-state index contributed by atoms with van der Waals surface area (Å²) in [5.74, 6) is 0.248. The molecule has 2 amide bonds. The van der Waals surface area contributed by atoms with Gasteiger partial charge < -0.3 is 15.4 Å². The zero-order chi connectivity index (χ0) is 15.7. The maximum atomic E-state index is 12.1. The fourth-order valence-corrected chi connectivity index (χ4v) is 4.46. The van der Waals surface area contributed by atoms with Gasteiger partial charge in [0, 0.05) is 12.1 Å². The molecule has 0 aromatic heterocycles. The number of hydrogen-bond acceptors (Lipinski definition) is 5. The number of carbonyl (C=O) groups excluding carboxylic acids is 2. The second-order valence-electron chi connectivity index (χ2n) is 5.53. The molecule has 1 unspecified atom stereocenters. The van der Waals surface area contributed by atoms with Gasteiger partial charge in [-0.25, -0.2) is 8.42 Å². The zero-order valence-corrected chi connectivity index (χ0v) is 12.6. The highest BCUT2D eigenvalue weighted by Crippen LogP contribution is 2.28. The molecule has 1 aromatic rings. The van der Waals surface area contributed by atoms with E-state index in [1.54, 1.807) is 18.2 Å². The summed E-state index contributed by atoms with van der Waals surface area (Å²) in [5, 5.41) is 5.38. The number of carbonyl (C=O) groups is 2. The van der Waals surface area contributed by atoms with Crippen LogP contribution in [0, 0.1) is 5.92 Å². The van der Waals surface area contributed by atoms with Crippen LogP contribution >= 0.6 is 0 Å². The number of nitrogens with one attached hydrogen (secondary N) is 2. The Kier molecular flexibility index (Phi) is 3.78. The summed E-state index contributed by atoms with van der Waals surface area (Å²) in [7, 11) is -2.94. The van der Waals surface area contributed by atoms with E-state index < -0.39 is 9.84 Å². The first-order chi connectivity index (χ1) is 10.4. The van der Waals surface area contributed by atoms with Gasteiger partial charge in [-0.3, -0.25) is 9.59 Å². The topological polar surface area (TPSA) is 102 Å². The van der Waals surface area contributed by atoms with Crippen LogP contribution in [0.15, 0.2) is 18.2 Å². The molecule has 1 atom stereocenters. The van der Waals surface area contributed by atoms with E-state index in [1.165, 1.54) is 0 Å². The molecule has 118 valence electrons. The Labute approximate surface area is 128 Å². The standard InChI is InChI=1S/C14H16N2O5S/c17-13-7-21-12-2-1-10(5-11(12)16-13)14(18)15-6-9-3-4-22(19,20)8-9/h1-2,5,9H,3-4,6-8H2,(H,15,18)(H,16,17). The van der Waals surface area contributed by atoms with Gasteiger partial charge in [0.15, 0.2) is 16.4 Å². The van der Waals surface area contributed by atoms with E-state index in [9.17, 15) is 18.0 Å². The smallest absolute Gasteiger partial charge is 0.262 e. The molecular formula is C14H16N2O5S. The predicted octanol–water partition coefficient (Wildman–Crippen LogP) is 0.182. The lowest BCUT2D eigenvalue weighted by Gasteiger charge is -2.18. The number of ether oxygens (including phenoxy) is 1. The first-order valence-electron chi connectivity index (χ1n) is 6.98. The van der Waals surface area contributed by atoms with Gasteiger partial charge in [0.1, 0.15) is 5.75 Å². The van der Waals surface area contributed by atoms with E-state index in [1.807, 2.05) is 0 Å². The fraction of sp³-hybridized carbons (Fsp3) is 0.429. The van der Waals surface area contributed by atoms with Gasteiger partial charge in [0.2, 0.25) is 0 Å². The van der Waals surface area contributed by atoms with Gasteiger partial charge in [-0.05, 0) is 30.5 Å². The minimum absolute atomic E-state index is 0.0328. The van der Waals surface area contributed by atoms with Gasteiger partial charge >= 0.3 is 0 Å². The summed E-state index contributed by atoms with van der Waals surface area (Å²) in [6, 6.07) is 4.79. The third kappa shape index (κ3) is 3.22. The van der Waals surface area contributed by atoms with Gasteiger partial charge in [-0.2, -0.15) is 0 Å². The quantitative estimate of drug-likeness (QED) is 0.826. The molecule has 1 aromatic carbocycles. The monoisotopic (exact) mass is 324 g/mol. The van der Waals surface area contributed by atoms with Crippen molar-refractivity contribution in [1.82, 2.24) is 5.32 Å². The molecule has 2 aliphatic heterocycles. The molecule has 0 aliphatic carbocycles. The van der Waals surface area contributed by atoms with Crippen LogP contribution in [0.25, 0.3) is 0 Å². The van der Waals surface area contributed by atoms with Crippen molar-refractivity contribution in [1.29, 1.82) is 0 Å². The van der Waals surface area contributed by atoms with Crippen molar-refractivity contribution < 1.29 is 22.7 Å². The average Bonchev–Trinajstić information content (AvgIpc) is 2.83. The van der Waals surface area contributed by atoms with Crippen LogP contribution in [0.3, 0.4) is 0 Å². The van der Waals surface area contributed by atoms with Crippen molar-refractivity contribution in [2.45, 2.75) is 6.42 Å². The molecule has 2 heterocycles. The highest BCUT2D eigenvalue weighted by atomic mass is 32.2. The molecule has 7 nitrogen and oxygen atoms in total. The molecule has 1 saturated heterocycles. The normalized spacial score (nSPS) is 22.4. The summed E-state index contributed by atoms with van der Waals surface area (Å²) in [5.41, 5.74) is 0.859. The SMILES string of the molecule is O=C1COc2ccc(C(=O)NCC3CCS(=O)(=O)C3)cc2N1. The van der Waals surface area contributed by atoms with Crippen LogP contribution in [0.1, 0.15) is 16.8 Å². The minimum Gasteiger partial charge on any atom is -0.482 e. The zero-order valence-electron chi connectivity index (χ0n) is 11.8. The molecule has 3 rings (SSSR count). The van der Waals surface area contributed by atoms with E-state index in [-0.39, 0.29) is 35.8 Å². The Morgan fingerprint density at radius 2 is 2.23 bits per heavy atom. The van der Waals surface area contributed by atoms with Gasteiger partial charge in [-0.15, -0.1) is 0 Å². The van der Waals surface area contributed by atoms with Crippen LogP contribution in [0.5, 0.6) is 5.75 Å². The van der Waals surface area contributed by atoms with E-state index in [0.29, 0.717) is 30.0 Å². The van der Waals surface area contributed by atoms with Crippen molar-refractivity contribution in [2.24, 2.45) is 5.92 Å². The second-order valence-corrected chi connectivity index (χ2v) is 7.76. The lowest BCUT2D eigenvalue weighted by molar-refractivity contribution is -0.118. The van der Waals surface area contributed by atoms with E-state index in [0.717, 1.165) is 0 Å². The molecule has 0 radical (unpaired) electrons. The van der Waals surface area contributed by atoms with Crippen molar-refractivity contribution in [3.05, 3.63) is 23.8 Å². The summed E-state index contributed by atoms with van der Waals surface area (Å²) in [6.07, 6.45) is 0.580. The number of sulfone groups is 1. The summed E-state index contributed by atoms with van der Waals surface area (Å²) in [6.45, 7) is 0.298. The second kappa shape index (κ2) is 5.60. The van der Waals surface area contributed by atoms with E-state index >= 15 is 0 Å². The highest BCUT2D eigenvalue weighted by Gasteiger charge is 2.28.